The zero-order valence-electron chi connectivity index (χ0n) is 24.2. The fourth-order valence-electron chi connectivity index (χ4n) is 4.07. The molecule has 2 rings (SSSR count). The van der Waals surface area contributed by atoms with Crippen LogP contribution in [0.4, 0.5) is 17.4 Å². The Hall–Kier alpha value is -1.85. The number of hydrogen-bond acceptors (Lipinski definition) is 3. The Bertz CT molecular complexity index is 996. The molecule has 2 aromatic rings. The Balaban J connectivity index is 2.98. The van der Waals surface area contributed by atoms with Gasteiger partial charge in [0.05, 0.1) is 0 Å². The van der Waals surface area contributed by atoms with E-state index >= 15 is 4.20 Å². The van der Waals surface area contributed by atoms with Crippen LogP contribution in [0, 0.1) is 0 Å². The average Bonchev–Trinajstić information content (AvgIpc) is 2.63. The second-order valence-electron chi connectivity index (χ2n) is 13.8. The van der Waals surface area contributed by atoms with Crippen LogP contribution < -0.4 is 9.05 Å². The van der Waals surface area contributed by atoms with Crippen molar-refractivity contribution in [2.45, 2.75) is 111 Å². The van der Waals surface area contributed by atoms with Crippen molar-refractivity contribution < 1.29 is 31.3 Å². The molecule has 0 radical (unpaired) electrons. The van der Waals surface area contributed by atoms with E-state index in [-0.39, 0.29) is 11.5 Å². The van der Waals surface area contributed by atoms with Crippen LogP contribution in [0.25, 0.3) is 0 Å². The van der Waals surface area contributed by atoms with Gasteiger partial charge in [0.15, 0.2) is 0 Å². The Morgan fingerprint density at radius 3 is 0.919 bits per heavy atom. The molecule has 3 nitrogen and oxygen atoms in total. The Morgan fingerprint density at radius 1 is 0.541 bits per heavy atom. The average molecular weight is 547 g/mol. The molecular formula is C29H43F4O3P. The molecule has 0 atom stereocenters. The van der Waals surface area contributed by atoms with Gasteiger partial charge in [-0.25, -0.2) is 0 Å². The van der Waals surface area contributed by atoms with E-state index < -0.39 is 35.2 Å². The van der Waals surface area contributed by atoms with Crippen molar-refractivity contribution in [2.75, 3.05) is 0 Å². The van der Waals surface area contributed by atoms with Crippen LogP contribution in [0.1, 0.15) is 105 Å². The van der Waals surface area contributed by atoms with E-state index in [1.54, 1.807) is 119 Å². The molecule has 8 heteroatoms. The summed E-state index contributed by atoms with van der Waals surface area (Å²) in [5, 5.41) is 0. The van der Waals surface area contributed by atoms with Crippen molar-refractivity contribution >= 4 is 7.59 Å². The second-order valence-corrected chi connectivity index (χ2v) is 16.3. The molecule has 0 bridgehead atoms. The van der Waals surface area contributed by atoms with Gasteiger partial charge >= 0.3 is 220 Å². The van der Waals surface area contributed by atoms with E-state index in [1.165, 1.54) is 0 Å². The summed E-state index contributed by atoms with van der Waals surface area (Å²) < 4.78 is 71.6. The minimum atomic E-state index is -7.89. The molecule has 0 saturated carbocycles. The molecule has 0 unspecified atom stereocenters. The molecule has 0 fully saturated rings. The molecule has 0 aliphatic heterocycles. The monoisotopic (exact) mass is 546 g/mol. The summed E-state index contributed by atoms with van der Waals surface area (Å²) in [4.78, 5) is 11.2. The van der Waals surface area contributed by atoms with Crippen molar-refractivity contribution in [3.05, 3.63) is 58.7 Å². The van der Waals surface area contributed by atoms with Gasteiger partial charge in [0.2, 0.25) is 0 Å². The summed E-state index contributed by atoms with van der Waals surface area (Å²) in [6, 6.07) is 9.73. The van der Waals surface area contributed by atoms with E-state index in [0.717, 1.165) is 0 Å². The number of benzene rings is 2. The summed E-state index contributed by atoms with van der Waals surface area (Å²) in [7, 11) is -7.89. The molecule has 37 heavy (non-hydrogen) atoms. The zero-order valence-corrected chi connectivity index (χ0v) is 25.1. The number of rotatable bonds is 4. The Labute approximate surface area is 219 Å². The van der Waals surface area contributed by atoms with Gasteiger partial charge in [0, 0.05) is 0 Å². The zero-order chi connectivity index (χ0) is 29.1. The molecule has 0 aliphatic carbocycles. The predicted molar refractivity (Wildman–Crippen MR) is 145 cm³/mol. The van der Waals surface area contributed by atoms with Gasteiger partial charge in [-0.2, -0.15) is 0 Å². The van der Waals surface area contributed by atoms with Crippen molar-refractivity contribution in [2.24, 2.45) is 0 Å². The topological polar surface area (TPSA) is 38.7 Å². The van der Waals surface area contributed by atoms with E-state index in [0.29, 0.717) is 22.3 Å². The third kappa shape index (κ3) is 6.42. The maximum absolute atomic E-state index is 16.7. The summed E-state index contributed by atoms with van der Waals surface area (Å²) in [6.07, 6.45) is 0. The molecule has 0 spiro atoms. The number of halogens is 4. The molecule has 0 heterocycles. The maximum atomic E-state index is 16.7. The summed E-state index contributed by atoms with van der Waals surface area (Å²) in [5.74, 6) is -6.56. The van der Waals surface area contributed by atoms with Crippen LogP contribution in [0.5, 0.6) is 11.5 Å². The van der Waals surface area contributed by atoms with Crippen LogP contribution in [0.3, 0.4) is 0 Å². The summed E-state index contributed by atoms with van der Waals surface area (Å²) >= 11 is 0. The van der Waals surface area contributed by atoms with Crippen LogP contribution in [0.2, 0.25) is 0 Å². The number of para-hydroxylation sites is 2. The quantitative estimate of drug-likeness (QED) is 0.306. The fourth-order valence-corrected chi connectivity index (χ4v) is 5.34. The fraction of sp³-hybridized carbons (Fsp3) is 0.586. The van der Waals surface area contributed by atoms with Crippen molar-refractivity contribution in [3.63, 3.8) is 0 Å². The second kappa shape index (κ2) is 9.12. The first-order valence-electron chi connectivity index (χ1n) is 12.4. The predicted octanol–water partition coefficient (Wildman–Crippen LogP) is 10.0. The van der Waals surface area contributed by atoms with Crippen LogP contribution in [0.15, 0.2) is 36.4 Å². The Kier molecular flexibility index (Phi) is 7.73. The standard InChI is InChI=1S/C29H43F4O3P/c1-25(2,3)19-15-13-16-20(26(4,5)6)23(19)35-37(33,34,29(30,31)32)36-24-21(27(7,8)9)17-14-18-22(24)28(10,11)12/h13-18,34H,1-12H3. The van der Waals surface area contributed by atoms with E-state index in [4.69, 9.17) is 9.05 Å². The molecule has 0 aliphatic rings. The Morgan fingerprint density at radius 2 is 0.757 bits per heavy atom. The summed E-state index contributed by atoms with van der Waals surface area (Å²) in [6.45, 7) is 21.4. The third-order valence-corrected chi connectivity index (χ3v) is 8.01. The van der Waals surface area contributed by atoms with Gasteiger partial charge in [0.25, 0.3) is 0 Å². The molecule has 0 aromatic heterocycles. The van der Waals surface area contributed by atoms with E-state index in [1.807, 2.05) is 0 Å². The molecule has 2 aromatic carbocycles. The van der Waals surface area contributed by atoms with Crippen molar-refractivity contribution in [1.82, 2.24) is 0 Å². The van der Waals surface area contributed by atoms with E-state index in [9.17, 15) is 18.1 Å². The molecular weight excluding hydrogens is 503 g/mol. The van der Waals surface area contributed by atoms with Crippen LogP contribution >= 0.6 is 7.59 Å². The molecule has 0 amide bonds. The van der Waals surface area contributed by atoms with Gasteiger partial charge in [-0.3, -0.25) is 0 Å². The minimum absolute atomic E-state index is 0.327. The normalized spacial score (nSPS) is 15.2. The number of hydrogen-bond donors (Lipinski definition) is 1. The van der Waals surface area contributed by atoms with Gasteiger partial charge in [-0.1, -0.05) is 0 Å². The third-order valence-electron chi connectivity index (χ3n) is 6.18. The van der Waals surface area contributed by atoms with E-state index in [2.05, 4.69) is 0 Å². The molecule has 210 valence electrons. The first kappa shape index (κ1) is 31.4. The van der Waals surface area contributed by atoms with Crippen LogP contribution in [-0.2, 0) is 21.7 Å². The number of alkyl halides is 3. The first-order valence-corrected chi connectivity index (χ1v) is 14.3. The van der Waals surface area contributed by atoms with Gasteiger partial charge < -0.3 is 0 Å². The van der Waals surface area contributed by atoms with Crippen LogP contribution in [-0.4, -0.2) is 10.8 Å². The van der Waals surface area contributed by atoms with Gasteiger partial charge in [-0.15, -0.1) is 0 Å². The van der Waals surface area contributed by atoms with Crippen molar-refractivity contribution in [3.8, 4) is 11.5 Å². The summed E-state index contributed by atoms with van der Waals surface area (Å²) in [5.41, 5.74) is -1.55. The molecule has 1 N–H and O–H groups in total. The first-order chi connectivity index (χ1) is 16.2. The van der Waals surface area contributed by atoms with Crippen molar-refractivity contribution in [1.29, 1.82) is 0 Å². The SMILES string of the molecule is CC(C)(C)c1cccc(C(C)(C)C)c1OP(O)(F)(Oc1c(C(C)(C)C)cccc1C(C)(C)C)C(F)(F)F. The van der Waals surface area contributed by atoms with Gasteiger partial charge in [0.1, 0.15) is 0 Å². The molecule has 0 saturated heterocycles. The van der Waals surface area contributed by atoms with Gasteiger partial charge in [-0.05, 0) is 0 Å².